The lowest BCUT2D eigenvalue weighted by Crippen LogP contribution is -2.51. The number of hydrogen-bond acceptors (Lipinski definition) is 6. The third kappa shape index (κ3) is 3.92. The lowest BCUT2D eigenvalue weighted by atomic mass is 10.0. The molecule has 9 heteroatoms. The van der Waals surface area contributed by atoms with Crippen molar-refractivity contribution in [2.45, 2.75) is 43.8 Å². The Balaban J connectivity index is 1.36. The van der Waals surface area contributed by atoms with Gasteiger partial charge in [-0.2, -0.15) is 9.97 Å². The number of para-hydroxylation sites is 1. The number of likely N-dealkylation sites (N-methyl/N-ethyl adjacent to an activating group) is 1. The highest BCUT2D eigenvalue weighted by molar-refractivity contribution is 6.00. The summed E-state index contributed by atoms with van der Waals surface area (Å²) in [5.74, 6) is -0.773. The summed E-state index contributed by atoms with van der Waals surface area (Å²) in [5, 5.41) is 4.75. The van der Waals surface area contributed by atoms with Gasteiger partial charge in [0.1, 0.15) is 23.8 Å². The van der Waals surface area contributed by atoms with Crippen molar-refractivity contribution in [2.75, 3.05) is 38.2 Å². The monoisotopic (exact) mass is 504 g/mol. The predicted molar refractivity (Wildman–Crippen MR) is 140 cm³/mol. The molecule has 3 atom stereocenters. The summed E-state index contributed by atoms with van der Waals surface area (Å²) in [5.41, 5.74) is 1.30. The molecule has 4 aromatic rings. The van der Waals surface area contributed by atoms with Crippen LogP contribution in [0.25, 0.3) is 32.9 Å². The first-order valence-electron chi connectivity index (χ1n) is 13.2. The van der Waals surface area contributed by atoms with Gasteiger partial charge in [0.15, 0.2) is 5.82 Å². The van der Waals surface area contributed by atoms with Gasteiger partial charge in [-0.05, 0) is 51.4 Å². The Morgan fingerprint density at radius 1 is 1.05 bits per heavy atom. The number of nitrogens with zero attached hydrogens (tertiary/aromatic N) is 4. The molecule has 0 amide bonds. The highest BCUT2D eigenvalue weighted by Crippen LogP contribution is 2.39. The molecule has 0 unspecified atom stereocenters. The van der Waals surface area contributed by atoms with Crippen molar-refractivity contribution in [3.63, 3.8) is 0 Å². The van der Waals surface area contributed by atoms with E-state index in [1.807, 2.05) is 24.3 Å². The second-order valence-electron chi connectivity index (χ2n) is 10.7. The summed E-state index contributed by atoms with van der Waals surface area (Å²) in [6.07, 6.45) is 6.01. The summed E-state index contributed by atoms with van der Waals surface area (Å²) in [7, 11) is 2.08. The van der Waals surface area contributed by atoms with Gasteiger partial charge in [-0.15, -0.1) is 0 Å². The van der Waals surface area contributed by atoms with Crippen LogP contribution >= 0.6 is 0 Å². The maximum atomic E-state index is 16.3. The average Bonchev–Trinajstić information content (AvgIpc) is 3.61. The molecule has 2 bridgehead atoms. The van der Waals surface area contributed by atoms with Crippen molar-refractivity contribution in [1.29, 1.82) is 0 Å². The first-order chi connectivity index (χ1) is 18.0. The van der Waals surface area contributed by atoms with Gasteiger partial charge < -0.3 is 24.8 Å². The van der Waals surface area contributed by atoms with Crippen LogP contribution in [0.15, 0.2) is 36.5 Å². The maximum Gasteiger partial charge on any atom is 0.319 e. The number of likely N-dealkylation sites (tertiary alicyclic amines) is 1. The third-order valence-electron chi connectivity index (χ3n) is 8.29. The van der Waals surface area contributed by atoms with E-state index in [1.54, 1.807) is 6.20 Å². The van der Waals surface area contributed by atoms with E-state index in [4.69, 9.17) is 9.72 Å². The number of halogens is 2. The smallest absolute Gasteiger partial charge is 0.319 e. The highest BCUT2D eigenvalue weighted by atomic mass is 19.1. The van der Waals surface area contributed by atoms with Crippen LogP contribution in [0.3, 0.4) is 0 Å². The molecule has 3 saturated heterocycles. The molecule has 3 aliphatic rings. The van der Waals surface area contributed by atoms with E-state index in [9.17, 15) is 0 Å². The summed E-state index contributed by atoms with van der Waals surface area (Å²) >= 11 is 0. The van der Waals surface area contributed by atoms with Crippen LogP contribution in [0.4, 0.5) is 14.6 Å². The largest absolute Gasteiger partial charge is 0.462 e. The Bertz CT molecular complexity index is 1480. The van der Waals surface area contributed by atoms with E-state index in [0.29, 0.717) is 35.5 Å². The van der Waals surface area contributed by atoms with Gasteiger partial charge in [0.25, 0.3) is 0 Å². The second-order valence-corrected chi connectivity index (χ2v) is 10.7. The van der Waals surface area contributed by atoms with Crippen LogP contribution < -0.4 is 15.0 Å². The summed E-state index contributed by atoms with van der Waals surface area (Å²) in [6, 6.07) is 10.0. The van der Waals surface area contributed by atoms with Crippen LogP contribution in [0.2, 0.25) is 0 Å². The third-order valence-corrected chi connectivity index (χ3v) is 8.29. The Kier molecular flexibility index (Phi) is 5.51. The van der Waals surface area contributed by atoms with E-state index in [-0.39, 0.29) is 23.1 Å². The number of nitrogens with one attached hydrogen (secondary N) is 2. The summed E-state index contributed by atoms with van der Waals surface area (Å²) in [6.45, 7) is 2.94. The molecule has 192 valence electrons. The number of anilines is 1. The van der Waals surface area contributed by atoms with E-state index < -0.39 is 11.6 Å². The van der Waals surface area contributed by atoms with Gasteiger partial charge >= 0.3 is 6.01 Å². The predicted octanol–water partition coefficient (Wildman–Crippen LogP) is 4.47. The lowest BCUT2D eigenvalue weighted by molar-refractivity contribution is 0.188. The normalized spacial score (nSPS) is 24.0. The SMILES string of the molecule is CN1CCC[C@H]1COc1nc(N2C[C@H]3CC[C@@H](C2)N3)c2cc(F)c(-c3c[nH]c4ccccc34)c(F)c2n1. The number of fused-ring (bicyclic) bond motifs is 4. The molecular weight excluding hydrogens is 474 g/mol. The van der Waals surface area contributed by atoms with E-state index >= 15 is 8.78 Å². The Hall–Kier alpha value is -3.30. The first kappa shape index (κ1) is 22.9. The van der Waals surface area contributed by atoms with Crippen LogP contribution in [-0.4, -0.2) is 71.3 Å². The van der Waals surface area contributed by atoms with Gasteiger partial charge in [0.05, 0.1) is 5.56 Å². The van der Waals surface area contributed by atoms with Crippen molar-refractivity contribution in [3.05, 3.63) is 48.2 Å². The molecule has 3 aliphatic heterocycles. The average molecular weight is 505 g/mol. The topological polar surface area (TPSA) is 69.3 Å². The molecule has 0 spiro atoms. The lowest BCUT2D eigenvalue weighted by Gasteiger charge is -2.34. The standard InChI is InChI=1S/C28H30F2N6O/c1-35-10-4-5-18(35)15-37-28-33-26-20(27(34-28)36-13-16-8-9-17(14-36)32-16)11-22(29)24(25(26)30)21-12-31-23-7-3-2-6-19(21)23/h2-3,6-7,11-12,16-18,31-32H,4-5,8-10,13-15H2,1H3/t16-,17+,18-/m0/s1. The molecule has 5 heterocycles. The van der Waals surface area contributed by atoms with Crippen molar-refractivity contribution >= 4 is 27.6 Å². The fourth-order valence-corrected chi connectivity index (χ4v) is 6.32. The van der Waals surface area contributed by atoms with Crippen molar-refractivity contribution in [1.82, 2.24) is 25.2 Å². The number of rotatable bonds is 5. The van der Waals surface area contributed by atoms with Gasteiger partial charge in [-0.1, -0.05) is 18.2 Å². The van der Waals surface area contributed by atoms with Gasteiger partial charge in [0.2, 0.25) is 0 Å². The number of hydrogen-bond donors (Lipinski definition) is 2. The van der Waals surface area contributed by atoms with Crippen molar-refractivity contribution in [2.24, 2.45) is 0 Å². The van der Waals surface area contributed by atoms with E-state index in [1.165, 1.54) is 6.07 Å². The minimum absolute atomic E-state index is 0.0866. The minimum atomic E-state index is -0.690. The summed E-state index contributed by atoms with van der Waals surface area (Å²) in [4.78, 5) is 16.8. The van der Waals surface area contributed by atoms with Gasteiger partial charge in [-0.25, -0.2) is 8.78 Å². The number of ether oxygens (including phenoxy) is 1. The fourth-order valence-electron chi connectivity index (χ4n) is 6.32. The fraction of sp³-hybridized carbons (Fsp3) is 0.429. The van der Waals surface area contributed by atoms with Gasteiger partial charge in [0, 0.05) is 59.3 Å². The molecule has 0 aliphatic carbocycles. The number of benzene rings is 2. The molecule has 7 nitrogen and oxygen atoms in total. The van der Waals surface area contributed by atoms with E-state index in [0.717, 1.165) is 56.2 Å². The number of piperazine rings is 1. The second kappa shape index (κ2) is 8.92. The van der Waals surface area contributed by atoms with E-state index in [2.05, 4.69) is 32.1 Å². The minimum Gasteiger partial charge on any atom is -0.462 e. The molecule has 0 saturated carbocycles. The van der Waals surface area contributed by atoms with Crippen molar-refractivity contribution < 1.29 is 13.5 Å². The first-order valence-corrected chi connectivity index (χ1v) is 13.2. The Labute approximate surface area is 213 Å². The molecule has 3 fully saturated rings. The van der Waals surface area contributed by atoms with Crippen molar-refractivity contribution in [3.8, 4) is 17.1 Å². The quantitative estimate of drug-likeness (QED) is 0.418. The van der Waals surface area contributed by atoms with Gasteiger partial charge in [-0.3, -0.25) is 0 Å². The molecule has 0 radical (unpaired) electrons. The zero-order valence-electron chi connectivity index (χ0n) is 20.8. The Morgan fingerprint density at radius 2 is 1.86 bits per heavy atom. The maximum absolute atomic E-state index is 16.3. The molecular formula is C28H30F2N6O. The number of H-pyrrole nitrogens is 1. The molecule has 2 aromatic heterocycles. The zero-order valence-corrected chi connectivity index (χ0v) is 20.8. The van der Waals surface area contributed by atoms with Crippen LogP contribution in [0.1, 0.15) is 25.7 Å². The molecule has 37 heavy (non-hydrogen) atoms. The summed E-state index contributed by atoms with van der Waals surface area (Å²) < 4.78 is 38.1. The van der Waals surface area contributed by atoms with Crippen LogP contribution in [0, 0.1) is 11.6 Å². The highest BCUT2D eigenvalue weighted by Gasteiger charge is 2.34. The number of aromatic amines is 1. The van der Waals surface area contributed by atoms with Crippen LogP contribution in [0.5, 0.6) is 6.01 Å². The molecule has 7 rings (SSSR count). The molecule has 2 N–H and O–H groups in total. The molecule has 2 aromatic carbocycles. The number of aromatic nitrogens is 3. The zero-order chi connectivity index (χ0) is 25.1. The van der Waals surface area contributed by atoms with Crippen LogP contribution in [-0.2, 0) is 0 Å². The Morgan fingerprint density at radius 3 is 2.65 bits per heavy atom.